The van der Waals surface area contributed by atoms with E-state index in [-0.39, 0.29) is 0 Å². The third kappa shape index (κ3) is 4.07. The van der Waals surface area contributed by atoms with Gasteiger partial charge in [0.25, 0.3) is 0 Å². The summed E-state index contributed by atoms with van der Waals surface area (Å²) < 4.78 is 6.24. The van der Waals surface area contributed by atoms with Crippen LogP contribution in [0.5, 0.6) is 0 Å². The van der Waals surface area contributed by atoms with Crippen molar-refractivity contribution < 1.29 is 13.7 Å². The largest absolute Gasteiger partial charge is 0.354 e. The molecular weight excluding hydrogens is 480 g/mol. The van der Waals surface area contributed by atoms with Gasteiger partial charge in [-0.15, -0.1) is 0 Å². The highest BCUT2D eigenvalue weighted by Crippen LogP contribution is 2.36. The van der Waals surface area contributed by atoms with Crippen LogP contribution in [0.2, 0.25) is 0 Å². The molecule has 0 aliphatic carbocycles. The van der Waals surface area contributed by atoms with Gasteiger partial charge in [-0.05, 0) is 54.6 Å². The van der Waals surface area contributed by atoms with Gasteiger partial charge in [-0.1, -0.05) is 0 Å². The summed E-state index contributed by atoms with van der Waals surface area (Å²) in [6.07, 6.45) is 16.9. The van der Waals surface area contributed by atoms with Crippen LogP contribution in [0, 0.1) is 0 Å². The maximum atomic E-state index is 5.23. The number of aryl methyl sites for hydroxylation is 3. The number of H-pyrrole nitrogens is 2. The zero-order valence-electron chi connectivity index (χ0n) is 22.2. The van der Waals surface area contributed by atoms with Crippen molar-refractivity contribution in [1.29, 1.82) is 0 Å². The van der Waals surface area contributed by atoms with Crippen LogP contribution >= 0.6 is 0 Å². The molecule has 0 saturated carbocycles. The zero-order valence-corrected chi connectivity index (χ0v) is 22.2. The first kappa shape index (κ1) is 23.0. The highest BCUT2D eigenvalue weighted by molar-refractivity contribution is 5.99. The molecule has 0 fully saturated rings. The summed E-state index contributed by atoms with van der Waals surface area (Å²) in [5, 5.41) is 0. The average Bonchev–Trinajstić information content (AvgIpc) is 3.68. The molecule has 1 aliphatic heterocycles. The lowest BCUT2D eigenvalue weighted by Gasteiger charge is -2.05. The van der Waals surface area contributed by atoms with Gasteiger partial charge in [0, 0.05) is 73.6 Å². The Balaban J connectivity index is 1.68. The van der Waals surface area contributed by atoms with Crippen LogP contribution in [0.3, 0.4) is 0 Å². The number of nitrogens with zero attached hydrogens (tertiary/aromatic N) is 4. The maximum Gasteiger partial charge on any atom is 0.176 e. The van der Waals surface area contributed by atoms with Gasteiger partial charge in [0.05, 0.1) is 11.4 Å². The first-order valence-electron chi connectivity index (χ1n) is 13.1. The molecule has 0 aromatic carbocycles. The predicted octanol–water partition coefficient (Wildman–Crippen LogP) is 5.13. The molecule has 0 atom stereocenters. The topological polar surface area (TPSA) is 56.1 Å². The predicted molar refractivity (Wildman–Crippen MR) is 154 cm³/mol. The molecule has 6 aromatic rings. The number of nitrogens with one attached hydrogen (secondary N) is 2. The van der Waals surface area contributed by atoms with Crippen molar-refractivity contribution in [3.63, 3.8) is 0 Å². The van der Waals surface area contributed by atoms with E-state index in [1.165, 1.54) is 0 Å². The van der Waals surface area contributed by atoms with E-state index in [1.54, 1.807) is 0 Å². The molecule has 0 saturated heterocycles. The number of aromatic amines is 2. The zero-order chi connectivity index (χ0) is 26.5. The number of pyridine rings is 3. The average molecular weight is 510 g/mol. The molecular formula is C33H29N6+3. The standard InChI is InChI=1S/C33H29N6/c1-37-16-4-7-22(19-37)31-25-10-12-27(34-25)32(23-8-5-17-38(2)20-23)29-14-15-30(36-29)33(28-13-11-26(31)35-28)24-9-6-18-39(3)21-24/h4-21,34-35H,1-3H3/q+3. The van der Waals surface area contributed by atoms with E-state index >= 15 is 0 Å². The molecule has 6 heteroatoms. The van der Waals surface area contributed by atoms with Gasteiger partial charge in [0.1, 0.15) is 21.1 Å². The van der Waals surface area contributed by atoms with Crippen molar-refractivity contribution in [3.05, 3.63) is 109 Å². The molecule has 1 aliphatic rings. The van der Waals surface area contributed by atoms with E-state index in [0.29, 0.717) is 0 Å². The Bertz CT molecular complexity index is 1890. The first-order chi connectivity index (χ1) is 19.0. The number of hydrogen-bond acceptors (Lipinski definition) is 1. The Hall–Kier alpha value is -5.10. The molecule has 6 nitrogen and oxygen atoms in total. The fraction of sp³-hybridized carbons (Fsp3) is 0.0909. The van der Waals surface area contributed by atoms with Crippen LogP contribution in [0.1, 0.15) is 11.4 Å². The van der Waals surface area contributed by atoms with Crippen LogP contribution in [0.25, 0.3) is 67.6 Å². The maximum absolute atomic E-state index is 5.23. The molecule has 2 N–H and O–H groups in total. The lowest BCUT2D eigenvalue weighted by Crippen LogP contribution is -2.26. The number of fused-ring (bicyclic) bond motifs is 6. The Kier molecular flexibility index (Phi) is 5.33. The van der Waals surface area contributed by atoms with Crippen molar-refractivity contribution in [2.24, 2.45) is 21.1 Å². The minimum atomic E-state index is 0.933. The second kappa shape index (κ2) is 9.03. The Labute approximate surface area is 226 Å². The van der Waals surface area contributed by atoms with Crippen LogP contribution in [-0.4, -0.2) is 15.0 Å². The van der Waals surface area contributed by atoms with Crippen LogP contribution in [0.4, 0.5) is 0 Å². The highest BCUT2D eigenvalue weighted by atomic mass is 14.9. The minimum Gasteiger partial charge on any atom is -0.354 e. The summed E-state index contributed by atoms with van der Waals surface area (Å²) in [4.78, 5) is 12.7. The van der Waals surface area contributed by atoms with Gasteiger partial charge < -0.3 is 9.97 Å². The molecule has 6 bridgehead atoms. The Morgan fingerprint density at radius 1 is 0.487 bits per heavy atom. The van der Waals surface area contributed by atoms with E-state index < -0.39 is 0 Å². The fourth-order valence-electron chi connectivity index (χ4n) is 5.56. The molecule has 0 unspecified atom stereocenters. The van der Waals surface area contributed by atoms with E-state index in [4.69, 9.17) is 4.98 Å². The Morgan fingerprint density at radius 3 is 1.23 bits per heavy atom. The van der Waals surface area contributed by atoms with Crippen LogP contribution in [-0.2, 0) is 21.1 Å². The van der Waals surface area contributed by atoms with Crippen LogP contribution < -0.4 is 13.7 Å². The molecule has 0 radical (unpaired) electrons. The van der Waals surface area contributed by atoms with Gasteiger partial charge in [-0.25, -0.2) is 18.7 Å². The van der Waals surface area contributed by atoms with Crippen molar-refractivity contribution >= 4 is 34.2 Å². The first-order valence-corrected chi connectivity index (χ1v) is 13.1. The summed E-state index contributed by atoms with van der Waals surface area (Å²) in [6, 6.07) is 21.4. The lowest BCUT2D eigenvalue weighted by atomic mass is 10.1. The second-order valence-electron chi connectivity index (χ2n) is 10.2. The van der Waals surface area contributed by atoms with Crippen molar-refractivity contribution in [3.8, 4) is 33.4 Å². The summed E-state index contributed by atoms with van der Waals surface area (Å²) in [7, 11) is 6.16. The molecule has 39 heavy (non-hydrogen) atoms. The Morgan fingerprint density at radius 2 is 0.846 bits per heavy atom. The SMILES string of the molecule is C[n+]1cccc(-c2c3nc(c(-c4ccc[n+](C)c4)c4ccc([nH]4)c(-c4ccc[n+](C)c4)c4ccc2[nH]4)C=C3)c1. The minimum absolute atomic E-state index is 0.933. The molecule has 0 amide bonds. The summed E-state index contributed by atoms with van der Waals surface area (Å²) in [5.74, 6) is 0. The molecule has 188 valence electrons. The molecule has 7 rings (SSSR count). The smallest absolute Gasteiger partial charge is 0.176 e. The highest BCUT2D eigenvalue weighted by Gasteiger charge is 2.19. The molecule has 6 aromatic heterocycles. The summed E-state index contributed by atoms with van der Waals surface area (Å²) in [6.45, 7) is 0. The van der Waals surface area contributed by atoms with Crippen molar-refractivity contribution in [2.45, 2.75) is 0 Å². The van der Waals surface area contributed by atoms with Gasteiger partial charge in [-0.2, -0.15) is 0 Å². The molecule has 7 heterocycles. The monoisotopic (exact) mass is 509 g/mol. The second-order valence-corrected chi connectivity index (χ2v) is 10.2. The van der Waals surface area contributed by atoms with Gasteiger partial charge in [-0.3, -0.25) is 0 Å². The normalized spacial score (nSPS) is 11.9. The van der Waals surface area contributed by atoms with Crippen LogP contribution in [0.15, 0.2) is 97.8 Å². The molecule has 0 spiro atoms. The fourth-order valence-corrected chi connectivity index (χ4v) is 5.56. The summed E-state index contributed by atoms with van der Waals surface area (Å²) in [5.41, 5.74) is 12.6. The van der Waals surface area contributed by atoms with E-state index in [0.717, 1.165) is 66.8 Å². The van der Waals surface area contributed by atoms with E-state index in [1.807, 2.05) is 26.5 Å². The number of aromatic nitrogens is 6. The van der Waals surface area contributed by atoms with E-state index in [9.17, 15) is 0 Å². The van der Waals surface area contributed by atoms with Gasteiger partial charge >= 0.3 is 0 Å². The van der Waals surface area contributed by atoms with Gasteiger partial charge in [0.2, 0.25) is 0 Å². The third-order valence-electron chi connectivity index (χ3n) is 7.29. The number of hydrogen-bond donors (Lipinski definition) is 2. The van der Waals surface area contributed by atoms with Gasteiger partial charge in [0.15, 0.2) is 37.2 Å². The number of rotatable bonds is 3. The van der Waals surface area contributed by atoms with E-state index in [2.05, 4.69) is 128 Å². The third-order valence-corrected chi connectivity index (χ3v) is 7.29. The lowest BCUT2D eigenvalue weighted by molar-refractivity contribution is -0.671. The summed E-state index contributed by atoms with van der Waals surface area (Å²) >= 11 is 0. The van der Waals surface area contributed by atoms with Crippen molar-refractivity contribution in [1.82, 2.24) is 15.0 Å². The quantitative estimate of drug-likeness (QED) is 0.319. The van der Waals surface area contributed by atoms with Crippen molar-refractivity contribution in [2.75, 3.05) is 0 Å².